The summed E-state index contributed by atoms with van der Waals surface area (Å²) in [6.07, 6.45) is 1.63. The molecule has 0 spiro atoms. The summed E-state index contributed by atoms with van der Waals surface area (Å²) in [5.41, 5.74) is 0.142. The number of nitrogens with zero attached hydrogens (tertiary/aromatic N) is 4. The number of carbonyl (C=O) groups is 2. The van der Waals surface area contributed by atoms with E-state index in [0.717, 1.165) is 4.90 Å². The Labute approximate surface area is 166 Å². The monoisotopic (exact) mass is 436 g/mol. The van der Waals surface area contributed by atoms with Gasteiger partial charge in [0.15, 0.2) is 5.69 Å². The number of amides is 1. The third-order valence-corrected chi connectivity index (χ3v) is 3.69. The highest BCUT2D eigenvalue weighted by atomic mass is 35.6. The summed E-state index contributed by atoms with van der Waals surface area (Å²) >= 11 is 22.4. The molecule has 0 aliphatic carbocycles. The van der Waals surface area contributed by atoms with Gasteiger partial charge in [-0.15, -0.1) is 0 Å². The first-order chi connectivity index (χ1) is 12.3. The first kappa shape index (κ1) is 18.9. The summed E-state index contributed by atoms with van der Waals surface area (Å²) in [7, 11) is 0. The Morgan fingerprint density at radius 1 is 1.19 bits per heavy atom. The normalized spacial score (nSPS) is 16.4. The van der Waals surface area contributed by atoms with Crippen molar-refractivity contribution in [3.8, 4) is 0 Å². The van der Waals surface area contributed by atoms with Crippen LogP contribution in [0.4, 0.5) is 10.6 Å². The minimum absolute atomic E-state index is 0.0171. The lowest BCUT2D eigenvalue weighted by Gasteiger charge is -2.23. The second-order valence-electron chi connectivity index (χ2n) is 4.92. The predicted octanol–water partition coefficient (Wildman–Crippen LogP) is 3.71. The number of carbonyl (C=O) groups excluding carboxylic acids is 2. The molecule has 8 nitrogen and oxygen atoms in total. The number of hydrogen-bond acceptors (Lipinski definition) is 7. The molecule has 1 atom stereocenters. The number of aromatic nitrogens is 3. The smallest absolute Gasteiger partial charge is 0.430 e. The number of alkyl halides is 3. The largest absolute Gasteiger partial charge is 0.510 e. The molecule has 1 unspecified atom stereocenters. The van der Waals surface area contributed by atoms with Gasteiger partial charge in [0.2, 0.25) is 10.0 Å². The van der Waals surface area contributed by atoms with E-state index in [1.54, 1.807) is 0 Å². The van der Waals surface area contributed by atoms with Crippen LogP contribution in [0.25, 0.3) is 0 Å². The second-order valence-corrected chi connectivity index (χ2v) is 7.88. The maximum Gasteiger partial charge on any atom is 0.510 e. The van der Waals surface area contributed by atoms with Crippen LogP contribution in [0.2, 0.25) is 5.02 Å². The van der Waals surface area contributed by atoms with Gasteiger partial charge in [-0.2, -0.15) is 0 Å². The number of fused-ring (bicyclic) bond motifs is 1. The van der Waals surface area contributed by atoms with Crippen molar-refractivity contribution in [3.05, 3.63) is 47.1 Å². The molecule has 3 heterocycles. The Kier molecular flexibility index (Phi) is 5.38. The van der Waals surface area contributed by atoms with Gasteiger partial charge in [0.05, 0.1) is 5.02 Å². The molecule has 2 aromatic heterocycles. The van der Waals surface area contributed by atoms with Crippen LogP contribution in [0.3, 0.4) is 0 Å². The van der Waals surface area contributed by atoms with Crippen molar-refractivity contribution < 1.29 is 19.1 Å². The van der Waals surface area contributed by atoms with E-state index in [4.69, 9.17) is 55.9 Å². The molecular weight excluding hydrogens is 430 g/mol. The van der Waals surface area contributed by atoms with Crippen LogP contribution < -0.4 is 4.90 Å². The highest BCUT2D eigenvalue weighted by Crippen LogP contribution is 2.36. The average Bonchev–Trinajstić information content (AvgIpc) is 2.86. The molecule has 0 N–H and O–H groups in total. The van der Waals surface area contributed by atoms with Crippen LogP contribution in [0.1, 0.15) is 22.4 Å². The van der Waals surface area contributed by atoms with Gasteiger partial charge in [-0.25, -0.2) is 19.7 Å². The topological polar surface area (TPSA) is 94.5 Å². The van der Waals surface area contributed by atoms with Gasteiger partial charge in [-0.05, 0) is 12.1 Å². The van der Waals surface area contributed by atoms with Crippen LogP contribution in [-0.2, 0) is 9.47 Å². The highest BCUT2D eigenvalue weighted by Gasteiger charge is 2.44. The van der Waals surface area contributed by atoms with Gasteiger partial charge in [0, 0.05) is 18.6 Å². The molecule has 2 aromatic rings. The standard InChI is InChI=1S/C14H8Cl4N4O4/c15-7-1-2-8(21-5-7)22-11(23)9-10(20-4-3-19-9)12(22)26-13(24)25-6-14(16,17)18/h1-5,12H,6H2. The van der Waals surface area contributed by atoms with Crippen molar-refractivity contribution in [2.45, 2.75) is 10.0 Å². The Hall–Kier alpha value is -1.87. The van der Waals surface area contributed by atoms with Gasteiger partial charge in [0.25, 0.3) is 5.91 Å². The molecule has 0 bridgehead atoms. The SMILES string of the molecule is O=C(OCC(Cl)(Cl)Cl)OC1c2nccnc2C(=O)N1c1ccc(Cl)cn1. The fourth-order valence-corrected chi connectivity index (χ4v) is 2.42. The lowest BCUT2D eigenvalue weighted by atomic mass is 10.3. The average molecular weight is 438 g/mol. The molecule has 1 aliphatic heterocycles. The van der Waals surface area contributed by atoms with Crippen LogP contribution in [0.15, 0.2) is 30.7 Å². The lowest BCUT2D eigenvalue weighted by molar-refractivity contribution is 0.0240. The summed E-state index contributed by atoms with van der Waals surface area (Å²) in [6.45, 7) is -0.538. The summed E-state index contributed by atoms with van der Waals surface area (Å²) in [5, 5.41) is 0.369. The molecule has 0 saturated carbocycles. The van der Waals surface area contributed by atoms with E-state index in [1.165, 1.54) is 30.7 Å². The Balaban J connectivity index is 1.89. The molecule has 1 aliphatic rings. The van der Waals surface area contributed by atoms with Crippen molar-refractivity contribution in [1.29, 1.82) is 0 Å². The summed E-state index contributed by atoms with van der Waals surface area (Å²) in [6, 6.07) is 3.01. The molecule has 0 radical (unpaired) electrons. The summed E-state index contributed by atoms with van der Waals surface area (Å²) < 4.78 is 8.12. The Morgan fingerprint density at radius 2 is 1.92 bits per heavy atom. The van der Waals surface area contributed by atoms with E-state index in [2.05, 4.69) is 15.0 Å². The van der Waals surface area contributed by atoms with Crippen molar-refractivity contribution >= 4 is 64.3 Å². The van der Waals surface area contributed by atoms with E-state index >= 15 is 0 Å². The lowest BCUT2D eigenvalue weighted by Crippen LogP contribution is -2.32. The minimum Gasteiger partial charge on any atom is -0.430 e. The van der Waals surface area contributed by atoms with Crippen molar-refractivity contribution in [2.75, 3.05) is 11.5 Å². The number of anilines is 1. The van der Waals surface area contributed by atoms with Crippen molar-refractivity contribution in [3.63, 3.8) is 0 Å². The Morgan fingerprint density at radius 3 is 2.58 bits per heavy atom. The van der Waals surface area contributed by atoms with Gasteiger partial charge >= 0.3 is 6.16 Å². The zero-order valence-corrected chi connectivity index (χ0v) is 15.6. The minimum atomic E-state index is -1.81. The third kappa shape index (κ3) is 4.09. The molecule has 136 valence electrons. The van der Waals surface area contributed by atoms with E-state index in [1.807, 2.05) is 0 Å². The summed E-state index contributed by atoms with van der Waals surface area (Å²) in [4.78, 5) is 37.8. The fourth-order valence-electron chi connectivity index (χ4n) is 2.15. The molecule has 3 rings (SSSR count). The molecule has 0 saturated heterocycles. The summed E-state index contributed by atoms with van der Waals surface area (Å²) in [5.74, 6) is -0.375. The van der Waals surface area contributed by atoms with Gasteiger partial charge in [0.1, 0.15) is 18.1 Å². The van der Waals surface area contributed by atoms with Crippen LogP contribution in [0, 0.1) is 0 Å². The number of ether oxygens (including phenoxy) is 2. The first-order valence-corrected chi connectivity index (χ1v) is 8.43. The molecule has 26 heavy (non-hydrogen) atoms. The predicted molar refractivity (Wildman–Crippen MR) is 93.6 cm³/mol. The molecular formula is C14H8Cl4N4O4. The highest BCUT2D eigenvalue weighted by molar-refractivity contribution is 6.67. The number of halogens is 4. The Bertz CT molecular complexity index is 844. The van der Waals surface area contributed by atoms with E-state index in [0.29, 0.717) is 5.02 Å². The van der Waals surface area contributed by atoms with Gasteiger partial charge < -0.3 is 9.47 Å². The van der Waals surface area contributed by atoms with Crippen LogP contribution >= 0.6 is 46.4 Å². The zero-order valence-electron chi connectivity index (χ0n) is 12.6. The maximum atomic E-state index is 12.6. The van der Waals surface area contributed by atoms with E-state index in [-0.39, 0.29) is 17.2 Å². The van der Waals surface area contributed by atoms with Crippen LogP contribution in [-0.4, -0.2) is 37.4 Å². The quantitative estimate of drug-likeness (QED) is 0.533. The van der Waals surface area contributed by atoms with E-state index in [9.17, 15) is 9.59 Å². The van der Waals surface area contributed by atoms with Crippen LogP contribution in [0.5, 0.6) is 0 Å². The van der Waals surface area contributed by atoms with Gasteiger partial charge in [-0.3, -0.25) is 9.78 Å². The second kappa shape index (κ2) is 7.40. The molecule has 1 amide bonds. The molecule has 12 heteroatoms. The van der Waals surface area contributed by atoms with Gasteiger partial charge in [-0.1, -0.05) is 46.4 Å². The molecule has 0 aromatic carbocycles. The molecule has 0 fully saturated rings. The maximum absolute atomic E-state index is 12.6. The third-order valence-electron chi connectivity index (χ3n) is 3.14. The van der Waals surface area contributed by atoms with Crippen molar-refractivity contribution in [2.24, 2.45) is 0 Å². The van der Waals surface area contributed by atoms with E-state index < -0.39 is 28.7 Å². The van der Waals surface area contributed by atoms with Crippen molar-refractivity contribution in [1.82, 2.24) is 15.0 Å². The number of pyridine rings is 1. The fraction of sp³-hybridized carbons (Fsp3) is 0.214. The number of hydrogen-bond donors (Lipinski definition) is 0. The first-order valence-electron chi connectivity index (χ1n) is 6.92. The zero-order chi connectivity index (χ0) is 18.9. The number of rotatable bonds is 3.